The number of thioether (sulfide) groups is 1. The number of anilines is 2. The van der Waals surface area contributed by atoms with Gasteiger partial charge in [0.2, 0.25) is 5.91 Å². The molecule has 7 heteroatoms. The summed E-state index contributed by atoms with van der Waals surface area (Å²) in [6.07, 6.45) is 2.63. The number of morpholine rings is 1. The summed E-state index contributed by atoms with van der Waals surface area (Å²) in [6, 6.07) is 4.99. The predicted molar refractivity (Wildman–Crippen MR) is 94.0 cm³/mol. The van der Waals surface area contributed by atoms with Gasteiger partial charge in [0.05, 0.1) is 12.6 Å². The average Bonchev–Trinajstić information content (AvgIpc) is 2.53. The average molecular weight is 337 g/mol. The minimum Gasteiger partial charge on any atom is -0.370 e. The standard InChI is InChI=1S/C16H23N3O3S/c1-11-9-12(18-16(21)13(17)5-8-23-2)3-4-14(11)19-6-7-22-10-15(19)20/h3-4,9,13H,5-8,10,17H2,1-2H3,(H,18,21). The molecule has 3 N–H and O–H groups in total. The fourth-order valence-corrected chi connectivity index (χ4v) is 2.91. The van der Waals surface area contributed by atoms with E-state index in [9.17, 15) is 9.59 Å². The maximum absolute atomic E-state index is 12.0. The van der Waals surface area contributed by atoms with E-state index in [0.29, 0.717) is 25.3 Å². The highest BCUT2D eigenvalue weighted by Gasteiger charge is 2.22. The van der Waals surface area contributed by atoms with E-state index < -0.39 is 6.04 Å². The normalized spacial score (nSPS) is 16.3. The maximum Gasteiger partial charge on any atom is 0.253 e. The lowest BCUT2D eigenvalue weighted by atomic mass is 10.1. The lowest BCUT2D eigenvalue weighted by molar-refractivity contribution is -0.125. The SMILES string of the molecule is CSCCC(N)C(=O)Nc1ccc(N2CCOCC2=O)c(C)c1. The first kappa shape index (κ1) is 17.8. The molecule has 2 amide bonds. The number of nitrogens with one attached hydrogen (secondary N) is 1. The molecule has 0 aliphatic carbocycles. The second-order valence-electron chi connectivity index (χ2n) is 5.48. The lowest BCUT2D eigenvalue weighted by Crippen LogP contribution is -2.42. The molecule has 6 nitrogen and oxygen atoms in total. The number of carbonyl (C=O) groups excluding carboxylic acids is 2. The molecule has 2 rings (SSSR count). The van der Waals surface area contributed by atoms with Gasteiger partial charge in [-0.05, 0) is 49.1 Å². The summed E-state index contributed by atoms with van der Waals surface area (Å²) in [5.41, 5.74) is 8.33. The number of amides is 2. The molecular weight excluding hydrogens is 314 g/mol. The van der Waals surface area contributed by atoms with Crippen molar-refractivity contribution in [2.75, 3.05) is 42.0 Å². The number of hydrogen-bond acceptors (Lipinski definition) is 5. The van der Waals surface area contributed by atoms with Crippen molar-refractivity contribution >= 4 is 35.0 Å². The van der Waals surface area contributed by atoms with Gasteiger partial charge < -0.3 is 20.7 Å². The van der Waals surface area contributed by atoms with Crippen molar-refractivity contribution < 1.29 is 14.3 Å². The van der Waals surface area contributed by atoms with E-state index in [1.165, 1.54) is 0 Å². The van der Waals surface area contributed by atoms with Crippen LogP contribution in [0.25, 0.3) is 0 Å². The molecule has 1 fully saturated rings. The van der Waals surface area contributed by atoms with E-state index in [1.807, 2.05) is 25.3 Å². The fourth-order valence-electron chi connectivity index (χ4n) is 2.42. The van der Waals surface area contributed by atoms with Crippen LogP contribution in [0, 0.1) is 6.92 Å². The Morgan fingerprint density at radius 2 is 2.30 bits per heavy atom. The van der Waals surface area contributed by atoms with Crippen LogP contribution in [-0.4, -0.2) is 49.6 Å². The maximum atomic E-state index is 12.0. The van der Waals surface area contributed by atoms with Crippen LogP contribution < -0.4 is 16.0 Å². The zero-order valence-electron chi connectivity index (χ0n) is 13.5. The first-order valence-corrected chi connectivity index (χ1v) is 8.96. The van der Waals surface area contributed by atoms with Crippen molar-refractivity contribution in [3.05, 3.63) is 23.8 Å². The Bertz CT molecular complexity index is 580. The van der Waals surface area contributed by atoms with Crippen LogP contribution in [0.3, 0.4) is 0 Å². The van der Waals surface area contributed by atoms with Crippen molar-refractivity contribution in [1.29, 1.82) is 0 Å². The Kier molecular flexibility index (Phi) is 6.44. The van der Waals surface area contributed by atoms with E-state index in [0.717, 1.165) is 17.0 Å². The van der Waals surface area contributed by atoms with Gasteiger partial charge in [-0.2, -0.15) is 11.8 Å². The zero-order valence-corrected chi connectivity index (χ0v) is 14.3. The minimum absolute atomic E-state index is 0.0461. The van der Waals surface area contributed by atoms with Crippen molar-refractivity contribution in [1.82, 2.24) is 0 Å². The molecule has 0 radical (unpaired) electrons. The largest absolute Gasteiger partial charge is 0.370 e. The number of carbonyl (C=O) groups is 2. The summed E-state index contributed by atoms with van der Waals surface area (Å²) in [7, 11) is 0. The summed E-state index contributed by atoms with van der Waals surface area (Å²) >= 11 is 1.67. The zero-order chi connectivity index (χ0) is 16.8. The van der Waals surface area contributed by atoms with E-state index in [4.69, 9.17) is 10.5 Å². The smallest absolute Gasteiger partial charge is 0.253 e. The molecule has 1 saturated heterocycles. The van der Waals surface area contributed by atoms with Crippen molar-refractivity contribution in [2.45, 2.75) is 19.4 Å². The third-order valence-electron chi connectivity index (χ3n) is 3.71. The summed E-state index contributed by atoms with van der Waals surface area (Å²) in [5.74, 6) is 0.620. The third-order valence-corrected chi connectivity index (χ3v) is 4.35. The highest BCUT2D eigenvalue weighted by Crippen LogP contribution is 2.25. The van der Waals surface area contributed by atoms with Gasteiger partial charge in [-0.1, -0.05) is 0 Å². The topological polar surface area (TPSA) is 84.7 Å². The summed E-state index contributed by atoms with van der Waals surface area (Å²) in [6.45, 7) is 3.11. The number of nitrogens with zero attached hydrogens (tertiary/aromatic N) is 1. The fraction of sp³-hybridized carbons (Fsp3) is 0.500. The van der Waals surface area contributed by atoms with Crippen molar-refractivity contribution in [2.24, 2.45) is 5.73 Å². The first-order chi connectivity index (χ1) is 11.0. The molecule has 1 unspecified atom stereocenters. The third kappa shape index (κ3) is 4.70. The summed E-state index contributed by atoms with van der Waals surface area (Å²) in [5, 5.41) is 2.83. The van der Waals surface area contributed by atoms with E-state index in [1.54, 1.807) is 22.7 Å². The minimum atomic E-state index is -0.511. The number of ether oxygens (including phenoxy) is 1. The molecular formula is C16H23N3O3S. The number of aryl methyl sites for hydroxylation is 1. The molecule has 1 atom stereocenters. The van der Waals surface area contributed by atoms with Gasteiger partial charge in [0, 0.05) is 17.9 Å². The Labute approximate surface area is 140 Å². The Morgan fingerprint density at radius 3 is 2.96 bits per heavy atom. The molecule has 1 aliphatic heterocycles. The first-order valence-electron chi connectivity index (χ1n) is 7.57. The van der Waals surface area contributed by atoms with Gasteiger partial charge in [0.25, 0.3) is 5.91 Å². The van der Waals surface area contributed by atoms with Gasteiger partial charge in [-0.3, -0.25) is 9.59 Å². The van der Waals surface area contributed by atoms with Crippen LogP contribution in [0.5, 0.6) is 0 Å². The van der Waals surface area contributed by atoms with Crippen LogP contribution in [0.4, 0.5) is 11.4 Å². The monoisotopic (exact) mass is 337 g/mol. The predicted octanol–water partition coefficient (Wildman–Crippen LogP) is 1.38. The molecule has 1 aromatic rings. The van der Waals surface area contributed by atoms with Crippen LogP contribution in [0.15, 0.2) is 18.2 Å². The van der Waals surface area contributed by atoms with Crippen molar-refractivity contribution in [3.63, 3.8) is 0 Å². The summed E-state index contributed by atoms with van der Waals surface area (Å²) in [4.78, 5) is 25.7. The molecule has 1 aromatic carbocycles. The summed E-state index contributed by atoms with van der Waals surface area (Å²) < 4.78 is 5.14. The number of benzene rings is 1. The second kappa shape index (κ2) is 8.33. The van der Waals surface area contributed by atoms with Gasteiger partial charge in [0.1, 0.15) is 6.61 Å². The molecule has 126 valence electrons. The number of rotatable bonds is 6. The van der Waals surface area contributed by atoms with Gasteiger partial charge in [-0.25, -0.2) is 0 Å². The number of hydrogen-bond donors (Lipinski definition) is 2. The van der Waals surface area contributed by atoms with Crippen LogP contribution in [0.2, 0.25) is 0 Å². The molecule has 23 heavy (non-hydrogen) atoms. The molecule has 1 heterocycles. The quantitative estimate of drug-likeness (QED) is 0.819. The van der Waals surface area contributed by atoms with E-state index in [-0.39, 0.29) is 18.4 Å². The molecule has 1 aliphatic rings. The van der Waals surface area contributed by atoms with E-state index in [2.05, 4.69) is 5.32 Å². The molecule has 0 saturated carbocycles. The Morgan fingerprint density at radius 1 is 1.52 bits per heavy atom. The molecule has 0 spiro atoms. The Balaban J connectivity index is 2.04. The van der Waals surface area contributed by atoms with Crippen LogP contribution in [-0.2, 0) is 14.3 Å². The van der Waals surface area contributed by atoms with Gasteiger partial charge >= 0.3 is 0 Å². The molecule has 0 bridgehead atoms. The Hall–Kier alpha value is -1.57. The lowest BCUT2D eigenvalue weighted by Gasteiger charge is -2.28. The van der Waals surface area contributed by atoms with E-state index >= 15 is 0 Å². The molecule has 0 aromatic heterocycles. The highest BCUT2D eigenvalue weighted by atomic mass is 32.2. The second-order valence-corrected chi connectivity index (χ2v) is 6.46. The van der Waals surface area contributed by atoms with Crippen LogP contribution in [0.1, 0.15) is 12.0 Å². The van der Waals surface area contributed by atoms with Crippen LogP contribution >= 0.6 is 11.8 Å². The van der Waals surface area contributed by atoms with Crippen molar-refractivity contribution in [3.8, 4) is 0 Å². The highest BCUT2D eigenvalue weighted by molar-refractivity contribution is 7.98. The van der Waals surface area contributed by atoms with Gasteiger partial charge in [0.15, 0.2) is 0 Å². The van der Waals surface area contributed by atoms with Gasteiger partial charge in [-0.15, -0.1) is 0 Å². The number of nitrogens with two attached hydrogens (primary N) is 1.